The summed E-state index contributed by atoms with van der Waals surface area (Å²) in [6.45, 7) is 1.22. The molecule has 1 heterocycles. The number of carbonyl (C=O) groups excluding carboxylic acids is 1. The Morgan fingerprint density at radius 2 is 1.95 bits per heavy atom. The van der Waals surface area contributed by atoms with Gasteiger partial charge in [0, 0.05) is 18.8 Å². The van der Waals surface area contributed by atoms with Crippen molar-refractivity contribution in [2.24, 2.45) is 5.92 Å². The Labute approximate surface area is 115 Å². The maximum Gasteiger partial charge on any atom is 0.416 e. The normalized spacial score (nSPS) is 19.8. The van der Waals surface area contributed by atoms with Crippen molar-refractivity contribution in [3.63, 3.8) is 0 Å². The van der Waals surface area contributed by atoms with Gasteiger partial charge in [0.2, 0.25) is 0 Å². The third-order valence-corrected chi connectivity index (χ3v) is 3.52. The molecule has 1 atom stereocenters. The first-order chi connectivity index (χ1) is 9.41. The Morgan fingerprint density at radius 3 is 2.50 bits per heavy atom. The van der Waals surface area contributed by atoms with Crippen molar-refractivity contribution in [2.75, 3.05) is 25.1 Å². The summed E-state index contributed by atoms with van der Waals surface area (Å²) in [4.78, 5) is 13.5. The van der Waals surface area contributed by atoms with E-state index in [1.54, 1.807) is 0 Å². The van der Waals surface area contributed by atoms with E-state index in [0.717, 1.165) is 31.5 Å². The first-order valence-corrected chi connectivity index (χ1v) is 6.42. The largest absolute Gasteiger partial charge is 0.469 e. The van der Waals surface area contributed by atoms with E-state index < -0.39 is 11.7 Å². The van der Waals surface area contributed by atoms with Gasteiger partial charge in [0.1, 0.15) is 0 Å². The second-order valence-electron chi connectivity index (χ2n) is 4.85. The van der Waals surface area contributed by atoms with E-state index in [0.29, 0.717) is 12.2 Å². The molecule has 20 heavy (non-hydrogen) atoms. The van der Waals surface area contributed by atoms with Crippen molar-refractivity contribution in [3.8, 4) is 0 Å². The molecule has 0 saturated carbocycles. The van der Waals surface area contributed by atoms with Crippen LogP contribution in [0.1, 0.15) is 18.4 Å². The van der Waals surface area contributed by atoms with Crippen LogP contribution in [-0.2, 0) is 15.7 Å². The summed E-state index contributed by atoms with van der Waals surface area (Å²) in [5.41, 5.74) is 0.0365. The molecule has 1 aromatic rings. The molecular weight excluding hydrogens is 271 g/mol. The van der Waals surface area contributed by atoms with Gasteiger partial charge in [-0.1, -0.05) is 0 Å². The predicted octanol–water partition coefficient (Wildman–Crippen LogP) is 3.09. The van der Waals surface area contributed by atoms with Crippen LogP contribution < -0.4 is 4.90 Å². The Kier molecular flexibility index (Phi) is 4.20. The number of benzene rings is 1. The highest BCUT2D eigenvalue weighted by atomic mass is 19.4. The number of esters is 1. The van der Waals surface area contributed by atoms with Crippen molar-refractivity contribution in [1.29, 1.82) is 0 Å². The van der Waals surface area contributed by atoms with Gasteiger partial charge >= 0.3 is 12.1 Å². The van der Waals surface area contributed by atoms with Gasteiger partial charge in [0.05, 0.1) is 18.6 Å². The van der Waals surface area contributed by atoms with Crippen LogP contribution in [0.3, 0.4) is 0 Å². The maximum atomic E-state index is 12.5. The average Bonchev–Trinajstić information content (AvgIpc) is 2.46. The smallest absolute Gasteiger partial charge is 0.416 e. The molecule has 1 aliphatic rings. The van der Waals surface area contributed by atoms with Crippen molar-refractivity contribution >= 4 is 11.7 Å². The molecule has 1 aromatic carbocycles. The number of halogens is 3. The Bertz CT molecular complexity index is 470. The van der Waals surface area contributed by atoms with Gasteiger partial charge in [-0.2, -0.15) is 13.2 Å². The third kappa shape index (κ3) is 3.23. The SMILES string of the molecule is COC(=O)C1CCCN(c2ccc(C(F)(F)F)cc2)C1. The number of rotatable bonds is 2. The first-order valence-electron chi connectivity index (χ1n) is 6.42. The van der Waals surface area contributed by atoms with E-state index in [9.17, 15) is 18.0 Å². The molecule has 1 aliphatic heterocycles. The number of alkyl halides is 3. The lowest BCUT2D eigenvalue weighted by atomic mass is 9.97. The lowest BCUT2D eigenvalue weighted by Gasteiger charge is -2.33. The number of anilines is 1. The lowest BCUT2D eigenvalue weighted by Crippen LogP contribution is -2.39. The summed E-state index contributed by atoms with van der Waals surface area (Å²) >= 11 is 0. The fourth-order valence-corrected chi connectivity index (χ4v) is 2.43. The van der Waals surface area contributed by atoms with Crippen LogP contribution in [0.25, 0.3) is 0 Å². The van der Waals surface area contributed by atoms with Crippen molar-refractivity contribution < 1.29 is 22.7 Å². The molecule has 0 amide bonds. The molecule has 1 unspecified atom stereocenters. The topological polar surface area (TPSA) is 29.5 Å². The van der Waals surface area contributed by atoms with Gasteiger partial charge < -0.3 is 9.64 Å². The zero-order valence-electron chi connectivity index (χ0n) is 11.1. The van der Waals surface area contributed by atoms with Gasteiger partial charge in [-0.05, 0) is 37.1 Å². The molecule has 0 radical (unpaired) electrons. The van der Waals surface area contributed by atoms with E-state index >= 15 is 0 Å². The van der Waals surface area contributed by atoms with E-state index in [-0.39, 0.29) is 11.9 Å². The monoisotopic (exact) mass is 287 g/mol. The summed E-state index contributed by atoms with van der Waals surface area (Å²) in [7, 11) is 1.35. The summed E-state index contributed by atoms with van der Waals surface area (Å²) in [6, 6.07) is 5.03. The minimum atomic E-state index is -4.32. The van der Waals surface area contributed by atoms with Crippen LogP contribution >= 0.6 is 0 Å². The molecule has 0 aromatic heterocycles. The molecule has 110 valence electrons. The molecule has 3 nitrogen and oxygen atoms in total. The summed E-state index contributed by atoms with van der Waals surface area (Å²) in [5, 5.41) is 0. The van der Waals surface area contributed by atoms with E-state index in [1.807, 2.05) is 4.90 Å². The van der Waals surface area contributed by atoms with Gasteiger partial charge in [-0.15, -0.1) is 0 Å². The summed E-state index contributed by atoms with van der Waals surface area (Å²) in [5.74, 6) is -0.474. The molecule has 0 spiro atoms. The van der Waals surface area contributed by atoms with Crippen molar-refractivity contribution in [2.45, 2.75) is 19.0 Å². The zero-order chi connectivity index (χ0) is 14.8. The Hall–Kier alpha value is -1.72. The number of ether oxygens (including phenoxy) is 1. The second kappa shape index (κ2) is 5.73. The fourth-order valence-electron chi connectivity index (χ4n) is 2.43. The van der Waals surface area contributed by atoms with E-state index in [2.05, 4.69) is 0 Å². The number of hydrogen-bond acceptors (Lipinski definition) is 3. The maximum absolute atomic E-state index is 12.5. The van der Waals surface area contributed by atoms with E-state index in [4.69, 9.17) is 4.74 Å². The highest BCUT2D eigenvalue weighted by Crippen LogP contribution is 2.31. The first kappa shape index (κ1) is 14.7. The van der Waals surface area contributed by atoms with Gasteiger partial charge in [0.15, 0.2) is 0 Å². The molecule has 0 aliphatic carbocycles. The predicted molar refractivity (Wildman–Crippen MR) is 68.4 cm³/mol. The van der Waals surface area contributed by atoms with Crippen molar-refractivity contribution in [3.05, 3.63) is 29.8 Å². The van der Waals surface area contributed by atoms with Crippen LogP contribution in [0.4, 0.5) is 18.9 Å². The average molecular weight is 287 g/mol. The lowest BCUT2D eigenvalue weighted by molar-refractivity contribution is -0.145. The van der Waals surface area contributed by atoms with Gasteiger partial charge in [-0.25, -0.2) is 0 Å². The summed E-state index contributed by atoms with van der Waals surface area (Å²) < 4.78 is 42.2. The highest BCUT2D eigenvalue weighted by Gasteiger charge is 2.31. The van der Waals surface area contributed by atoms with Gasteiger partial charge in [0.25, 0.3) is 0 Å². The van der Waals surface area contributed by atoms with E-state index in [1.165, 1.54) is 19.2 Å². The number of hydrogen-bond donors (Lipinski definition) is 0. The number of methoxy groups -OCH3 is 1. The minimum absolute atomic E-state index is 0.212. The number of nitrogens with zero attached hydrogens (tertiary/aromatic N) is 1. The number of piperidine rings is 1. The molecule has 6 heteroatoms. The molecule has 0 bridgehead atoms. The van der Waals surface area contributed by atoms with Gasteiger partial charge in [-0.3, -0.25) is 4.79 Å². The fraction of sp³-hybridized carbons (Fsp3) is 0.500. The third-order valence-electron chi connectivity index (χ3n) is 3.52. The van der Waals surface area contributed by atoms with Crippen LogP contribution in [0.5, 0.6) is 0 Å². The highest BCUT2D eigenvalue weighted by molar-refractivity contribution is 5.73. The molecule has 1 saturated heterocycles. The van der Waals surface area contributed by atoms with Crippen molar-refractivity contribution in [1.82, 2.24) is 0 Å². The molecule has 2 rings (SSSR count). The standard InChI is InChI=1S/C14H16F3NO2/c1-20-13(19)10-3-2-8-18(9-10)12-6-4-11(5-7-12)14(15,16)17/h4-7,10H,2-3,8-9H2,1H3. The van der Waals surface area contributed by atoms with Crippen LogP contribution in [0.2, 0.25) is 0 Å². The molecule has 0 N–H and O–H groups in total. The number of carbonyl (C=O) groups is 1. The second-order valence-corrected chi connectivity index (χ2v) is 4.85. The molecular formula is C14H16F3NO2. The quantitative estimate of drug-likeness (QED) is 0.783. The van der Waals surface area contributed by atoms with Crippen LogP contribution in [0.15, 0.2) is 24.3 Å². The minimum Gasteiger partial charge on any atom is -0.469 e. The van der Waals surface area contributed by atoms with Crippen LogP contribution in [-0.4, -0.2) is 26.2 Å². The van der Waals surface area contributed by atoms with Crippen LogP contribution in [0, 0.1) is 5.92 Å². The Morgan fingerprint density at radius 1 is 1.30 bits per heavy atom. The molecule has 1 fully saturated rings. The Balaban J connectivity index is 2.09. The zero-order valence-corrected chi connectivity index (χ0v) is 11.1. The summed E-state index contributed by atoms with van der Waals surface area (Å²) in [6.07, 6.45) is -2.75.